The van der Waals surface area contributed by atoms with Crippen molar-refractivity contribution in [1.82, 2.24) is 20.0 Å². The van der Waals surface area contributed by atoms with Gasteiger partial charge in [-0.25, -0.2) is 0 Å². The predicted molar refractivity (Wildman–Crippen MR) is 138 cm³/mol. The van der Waals surface area contributed by atoms with Crippen LogP contribution in [0.4, 0.5) is 0 Å². The van der Waals surface area contributed by atoms with Crippen molar-refractivity contribution < 1.29 is 14.3 Å². The summed E-state index contributed by atoms with van der Waals surface area (Å²) in [5, 5.41) is 3.48. The number of ether oxygens (including phenoxy) is 2. The molecule has 2 heterocycles. The van der Waals surface area contributed by atoms with Gasteiger partial charge in [-0.1, -0.05) is 6.07 Å². The Morgan fingerprint density at radius 1 is 1.03 bits per heavy atom. The Bertz CT molecular complexity index is 762. The van der Waals surface area contributed by atoms with Crippen molar-refractivity contribution in [1.29, 1.82) is 0 Å². The first kappa shape index (κ1) is 26.5. The summed E-state index contributed by atoms with van der Waals surface area (Å²) in [4.78, 5) is 23.8. The van der Waals surface area contributed by atoms with Gasteiger partial charge >= 0.3 is 0 Å². The molecule has 1 unspecified atom stereocenters. The number of methoxy groups -OCH3 is 2. The highest BCUT2D eigenvalue weighted by atomic mass is 127. The number of hydrogen-bond donors (Lipinski definition) is 1. The second-order valence-electron chi connectivity index (χ2n) is 8.14. The highest BCUT2D eigenvalue weighted by molar-refractivity contribution is 14.0. The number of rotatable bonds is 7. The van der Waals surface area contributed by atoms with Crippen LogP contribution in [0, 0.1) is 0 Å². The predicted octanol–water partition coefficient (Wildman–Crippen LogP) is 2.07. The summed E-state index contributed by atoms with van der Waals surface area (Å²) in [6.07, 6.45) is 3.13. The van der Waals surface area contributed by atoms with Crippen LogP contribution in [0.25, 0.3) is 0 Å². The number of guanidine groups is 1. The van der Waals surface area contributed by atoms with Crippen LogP contribution in [-0.4, -0.2) is 99.7 Å². The molecule has 2 fully saturated rings. The van der Waals surface area contributed by atoms with Gasteiger partial charge in [-0.2, -0.15) is 0 Å². The summed E-state index contributed by atoms with van der Waals surface area (Å²) in [7, 11) is 5.12. The third-order valence-corrected chi connectivity index (χ3v) is 6.29. The minimum Gasteiger partial charge on any atom is -0.493 e. The van der Waals surface area contributed by atoms with Crippen LogP contribution >= 0.6 is 24.0 Å². The number of nitrogens with one attached hydrogen (secondary N) is 1. The summed E-state index contributed by atoms with van der Waals surface area (Å²) >= 11 is 0. The molecule has 0 aromatic heterocycles. The van der Waals surface area contributed by atoms with Crippen molar-refractivity contribution >= 4 is 35.8 Å². The van der Waals surface area contributed by atoms with Gasteiger partial charge in [0, 0.05) is 52.9 Å². The van der Waals surface area contributed by atoms with E-state index in [0.717, 1.165) is 82.5 Å². The van der Waals surface area contributed by atoms with E-state index in [2.05, 4.69) is 26.2 Å². The minimum absolute atomic E-state index is 0. The lowest BCUT2D eigenvalue weighted by Gasteiger charge is -2.39. The smallest absolute Gasteiger partial charge is 0.239 e. The Labute approximate surface area is 209 Å². The summed E-state index contributed by atoms with van der Waals surface area (Å²) in [5.74, 6) is 2.69. The number of piperazine rings is 1. The van der Waals surface area contributed by atoms with Crippen LogP contribution in [0.3, 0.4) is 0 Å². The van der Waals surface area contributed by atoms with Crippen molar-refractivity contribution in [3.63, 3.8) is 0 Å². The normalized spacial score (nSPS) is 18.2. The number of benzene rings is 1. The van der Waals surface area contributed by atoms with E-state index in [0.29, 0.717) is 0 Å². The molecule has 2 saturated heterocycles. The first-order chi connectivity index (χ1) is 15.1. The lowest BCUT2D eigenvalue weighted by molar-refractivity contribution is -0.135. The van der Waals surface area contributed by atoms with E-state index in [1.807, 2.05) is 31.0 Å². The molecule has 2 aliphatic rings. The van der Waals surface area contributed by atoms with Gasteiger partial charge in [-0.05, 0) is 43.9 Å². The maximum absolute atomic E-state index is 12.7. The van der Waals surface area contributed by atoms with Crippen molar-refractivity contribution in [2.24, 2.45) is 4.99 Å². The largest absolute Gasteiger partial charge is 0.493 e. The first-order valence-corrected chi connectivity index (χ1v) is 11.3. The van der Waals surface area contributed by atoms with E-state index in [9.17, 15) is 4.79 Å². The van der Waals surface area contributed by atoms with Crippen LogP contribution < -0.4 is 14.8 Å². The molecule has 1 aromatic carbocycles. The molecule has 0 radical (unpaired) electrons. The van der Waals surface area contributed by atoms with Gasteiger partial charge in [0.05, 0.1) is 20.3 Å². The van der Waals surface area contributed by atoms with Crippen molar-refractivity contribution in [2.45, 2.75) is 32.2 Å². The number of hydrogen-bond acceptors (Lipinski definition) is 5. The Morgan fingerprint density at radius 3 is 2.28 bits per heavy atom. The SMILES string of the molecule is CN=C(NCCc1ccc(OC)c(OC)c1)N1CCN(C(C)C(=O)N2CCCC2)CC1.I. The number of amides is 1. The quantitative estimate of drug-likeness (QED) is 0.314. The summed E-state index contributed by atoms with van der Waals surface area (Å²) in [5.41, 5.74) is 1.18. The molecule has 0 saturated carbocycles. The van der Waals surface area contributed by atoms with Crippen LogP contribution in [0.2, 0.25) is 0 Å². The number of likely N-dealkylation sites (tertiary alicyclic amines) is 1. The zero-order valence-electron chi connectivity index (χ0n) is 19.8. The van der Waals surface area contributed by atoms with Gasteiger partial charge in [0.2, 0.25) is 5.91 Å². The lowest BCUT2D eigenvalue weighted by Crippen LogP contribution is -2.57. The van der Waals surface area contributed by atoms with Crippen molar-refractivity contribution in [2.75, 3.05) is 67.1 Å². The van der Waals surface area contributed by atoms with E-state index in [1.165, 1.54) is 5.56 Å². The molecule has 1 aromatic rings. The molecule has 0 bridgehead atoms. The van der Waals surface area contributed by atoms with Gasteiger partial charge in [-0.15, -0.1) is 24.0 Å². The molecule has 1 atom stereocenters. The Hall–Kier alpha value is -1.75. The second-order valence-corrected chi connectivity index (χ2v) is 8.14. The molecule has 2 aliphatic heterocycles. The number of halogens is 1. The van der Waals surface area contributed by atoms with E-state index in [1.54, 1.807) is 14.2 Å². The van der Waals surface area contributed by atoms with E-state index < -0.39 is 0 Å². The van der Waals surface area contributed by atoms with Crippen molar-refractivity contribution in [3.05, 3.63) is 23.8 Å². The molecular weight excluding hydrogens is 521 g/mol. The average molecular weight is 559 g/mol. The third kappa shape index (κ3) is 6.63. The van der Waals surface area contributed by atoms with Crippen LogP contribution in [0.15, 0.2) is 23.2 Å². The van der Waals surface area contributed by atoms with Crippen LogP contribution in [0.5, 0.6) is 11.5 Å². The molecule has 0 aliphatic carbocycles. The minimum atomic E-state index is -0.0414. The number of carbonyl (C=O) groups excluding carboxylic acids is 1. The Kier molecular flexibility index (Phi) is 10.8. The monoisotopic (exact) mass is 559 g/mol. The third-order valence-electron chi connectivity index (χ3n) is 6.29. The van der Waals surface area contributed by atoms with Crippen LogP contribution in [0.1, 0.15) is 25.3 Å². The topological polar surface area (TPSA) is 69.6 Å². The molecule has 180 valence electrons. The standard InChI is InChI=1S/C23H37N5O3.HI/c1-18(22(29)27-11-5-6-12-27)26-13-15-28(16-14-26)23(24-2)25-10-9-19-7-8-20(30-3)21(17-19)31-4;/h7-8,17-18H,5-6,9-16H2,1-4H3,(H,24,25);1H. The van der Waals surface area contributed by atoms with Gasteiger partial charge < -0.3 is 24.6 Å². The zero-order chi connectivity index (χ0) is 22.2. The number of nitrogens with zero attached hydrogens (tertiary/aromatic N) is 4. The molecule has 3 rings (SSSR count). The zero-order valence-corrected chi connectivity index (χ0v) is 22.1. The second kappa shape index (κ2) is 13.1. The van der Waals surface area contributed by atoms with E-state index in [4.69, 9.17) is 9.47 Å². The van der Waals surface area contributed by atoms with Crippen LogP contribution in [-0.2, 0) is 11.2 Å². The van der Waals surface area contributed by atoms with E-state index in [-0.39, 0.29) is 35.9 Å². The summed E-state index contributed by atoms with van der Waals surface area (Å²) < 4.78 is 10.7. The molecule has 1 amide bonds. The lowest BCUT2D eigenvalue weighted by atomic mass is 10.1. The summed E-state index contributed by atoms with van der Waals surface area (Å²) in [6, 6.07) is 5.97. The highest BCUT2D eigenvalue weighted by Gasteiger charge is 2.30. The maximum atomic E-state index is 12.7. The fourth-order valence-corrected chi connectivity index (χ4v) is 4.37. The molecule has 8 nitrogen and oxygen atoms in total. The molecule has 32 heavy (non-hydrogen) atoms. The Balaban J connectivity index is 0.00000363. The highest BCUT2D eigenvalue weighted by Crippen LogP contribution is 2.27. The fraction of sp³-hybridized carbons (Fsp3) is 0.652. The molecule has 0 spiro atoms. The van der Waals surface area contributed by atoms with Gasteiger partial charge in [-0.3, -0.25) is 14.7 Å². The molecular formula is C23H38IN5O3. The molecule has 9 heteroatoms. The van der Waals surface area contributed by atoms with Gasteiger partial charge in [0.15, 0.2) is 17.5 Å². The van der Waals surface area contributed by atoms with E-state index >= 15 is 0 Å². The fourth-order valence-electron chi connectivity index (χ4n) is 4.37. The van der Waals surface area contributed by atoms with Gasteiger partial charge in [0.1, 0.15) is 0 Å². The molecule has 1 N–H and O–H groups in total. The Morgan fingerprint density at radius 2 is 1.69 bits per heavy atom. The average Bonchev–Trinajstić information content (AvgIpc) is 3.36. The van der Waals surface area contributed by atoms with Crippen molar-refractivity contribution in [3.8, 4) is 11.5 Å². The number of carbonyl (C=O) groups is 1. The first-order valence-electron chi connectivity index (χ1n) is 11.3. The number of aliphatic imine (C=N–C) groups is 1. The maximum Gasteiger partial charge on any atom is 0.239 e. The summed E-state index contributed by atoms with van der Waals surface area (Å²) in [6.45, 7) is 8.15. The van der Waals surface area contributed by atoms with Gasteiger partial charge in [0.25, 0.3) is 0 Å².